The van der Waals surface area contributed by atoms with E-state index in [1.807, 2.05) is 66.5 Å². The standard InChI is InChI=1S/C16H19N2O2/c1-17-10-8-15(9-11-17)13-20-16(19)18(2)12-14-6-4-3-5-7-14/h3-11H,12-13H2,1-2H3/q+1. The number of amides is 1. The first-order valence-corrected chi connectivity index (χ1v) is 6.51. The van der Waals surface area contributed by atoms with Gasteiger partial charge in [0, 0.05) is 31.3 Å². The van der Waals surface area contributed by atoms with E-state index in [1.54, 1.807) is 11.9 Å². The smallest absolute Gasteiger partial charge is 0.410 e. The van der Waals surface area contributed by atoms with Gasteiger partial charge in [0.05, 0.1) is 0 Å². The summed E-state index contributed by atoms with van der Waals surface area (Å²) in [6.07, 6.45) is 3.54. The largest absolute Gasteiger partial charge is 0.445 e. The van der Waals surface area contributed by atoms with Gasteiger partial charge in [-0.25, -0.2) is 9.36 Å². The van der Waals surface area contributed by atoms with Crippen molar-refractivity contribution in [2.24, 2.45) is 7.05 Å². The Balaban J connectivity index is 1.83. The molecule has 4 heteroatoms. The lowest BCUT2D eigenvalue weighted by atomic mass is 10.2. The maximum atomic E-state index is 11.9. The summed E-state index contributed by atoms with van der Waals surface area (Å²) < 4.78 is 7.22. The highest BCUT2D eigenvalue weighted by atomic mass is 16.6. The summed E-state index contributed by atoms with van der Waals surface area (Å²) in [6, 6.07) is 13.7. The number of aromatic nitrogens is 1. The molecule has 0 saturated carbocycles. The number of pyridine rings is 1. The minimum Gasteiger partial charge on any atom is -0.445 e. The predicted molar refractivity (Wildman–Crippen MR) is 75.7 cm³/mol. The molecule has 4 nitrogen and oxygen atoms in total. The Kier molecular flexibility index (Phi) is 4.71. The van der Waals surface area contributed by atoms with E-state index in [-0.39, 0.29) is 6.09 Å². The van der Waals surface area contributed by atoms with Gasteiger partial charge in [-0.15, -0.1) is 0 Å². The van der Waals surface area contributed by atoms with Crippen LogP contribution in [0.1, 0.15) is 11.1 Å². The molecule has 20 heavy (non-hydrogen) atoms. The van der Waals surface area contributed by atoms with Crippen LogP contribution < -0.4 is 4.57 Å². The first-order chi connectivity index (χ1) is 9.65. The number of hydrogen-bond donors (Lipinski definition) is 0. The fourth-order valence-electron chi connectivity index (χ4n) is 1.81. The second-order valence-electron chi connectivity index (χ2n) is 4.77. The van der Waals surface area contributed by atoms with E-state index in [2.05, 4.69) is 0 Å². The number of nitrogens with zero attached hydrogens (tertiary/aromatic N) is 2. The average molecular weight is 271 g/mol. The van der Waals surface area contributed by atoms with E-state index in [4.69, 9.17) is 4.74 Å². The first-order valence-electron chi connectivity index (χ1n) is 6.51. The summed E-state index contributed by atoms with van der Waals surface area (Å²) in [5, 5.41) is 0. The third-order valence-corrected chi connectivity index (χ3v) is 2.98. The highest BCUT2D eigenvalue weighted by Crippen LogP contribution is 2.05. The van der Waals surface area contributed by atoms with Gasteiger partial charge in [-0.2, -0.15) is 0 Å². The van der Waals surface area contributed by atoms with Crippen LogP contribution in [0.5, 0.6) is 0 Å². The van der Waals surface area contributed by atoms with Gasteiger partial charge < -0.3 is 9.64 Å². The number of rotatable bonds is 4. The third-order valence-electron chi connectivity index (χ3n) is 2.98. The van der Waals surface area contributed by atoms with Crippen molar-refractivity contribution < 1.29 is 14.1 Å². The number of carbonyl (C=O) groups excluding carboxylic acids is 1. The van der Waals surface area contributed by atoms with Crippen LogP contribution in [0.3, 0.4) is 0 Å². The third kappa shape index (κ3) is 4.09. The molecule has 1 heterocycles. The topological polar surface area (TPSA) is 33.4 Å². The molecule has 0 atom stereocenters. The van der Waals surface area contributed by atoms with Gasteiger partial charge in [0.25, 0.3) is 0 Å². The number of carbonyl (C=O) groups is 1. The quantitative estimate of drug-likeness (QED) is 0.799. The summed E-state index contributed by atoms with van der Waals surface area (Å²) in [7, 11) is 3.68. The molecule has 0 fully saturated rings. The van der Waals surface area contributed by atoms with Gasteiger partial charge in [0.1, 0.15) is 13.7 Å². The van der Waals surface area contributed by atoms with Crippen molar-refractivity contribution in [1.82, 2.24) is 4.90 Å². The molecular weight excluding hydrogens is 252 g/mol. The molecule has 0 saturated heterocycles. The summed E-state index contributed by atoms with van der Waals surface area (Å²) in [6.45, 7) is 0.836. The molecule has 0 unspecified atom stereocenters. The van der Waals surface area contributed by atoms with Crippen LogP contribution in [0.4, 0.5) is 4.79 Å². The number of ether oxygens (including phenoxy) is 1. The van der Waals surface area contributed by atoms with Crippen LogP contribution in [0, 0.1) is 0 Å². The van der Waals surface area contributed by atoms with Crippen LogP contribution >= 0.6 is 0 Å². The van der Waals surface area contributed by atoms with E-state index in [0.717, 1.165) is 11.1 Å². The fraction of sp³-hybridized carbons (Fsp3) is 0.250. The van der Waals surface area contributed by atoms with E-state index >= 15 is 0 Å². The van der Waals surface area contributed by atoms with E-state index in [9.17, 15) is 4.79 Å². The maximum Gasteiger partial charge on any atom is 0.410 e. The van der Waals surface area contributed by atoms with Crippen molar-refractivity contribution >= 4 is 6.09 Å². The highest BCUT2D eigenvalue weighted by molar-refractivity contribution is 5.67. The van der Waals surface area contributed by atoms with Crippen LogP contribution in [0.2, 0.25) is 0 Å². The van der Waals surface area contributed by atoms with Crippen molar-refractivity contribution in [2.45, 2.75) is 13.2 Å². The molecule has 0 N–H and O–H groups in total. The first kappa shape index (κ1) is 14.1. The SMILES string of the molecule is CN(Cc1ccccc1)C(=O)OCc1cc[n+](C)cc1. The molecule has 0 spiro atoms. The lowest BCUT2D eigenvalue weighted by Gasteiger charge is -2.16. The maximum absolute atomic E-state index is 11.9. The van der Waals surface area contributed by atoms with Crippen LogP contribution in [-0.2, 0) is 24.9 Å². The van der Waals surface area contributed by atoms with E-state index in [0.29, 0.717) is 13.2 Å². The van der Waals surface area contributed by atoms with Gasteiger partial charge in [-0.3, -0.25) is 0 Å². The Morgan fingerprint density at radius 1 is 1.10 bits per heavy atom. The van der Waals surface area contributed by atoms with Crippen molar-refractivity contribution in [1.29, 1.82) is 0 Å². The zero-order valence-electron chi connectivity index (χ0n) is 11.8. The zero-order chi connectivity index (χ0) is 14.4. The van der Waals surface area contributed by atoms with Crippen LogP contribution in [-0.4, -0.2) is 18.0 Å². The number of benzene rings is 1. The van der Waals surface area contributed by atoms with Crippen molar-refractivity contribution in [2.75, 3.05) is 7.05 Å². The van der Waals surface area contributed by atoms with Crippen molar-refractivity contribution in [3.05, 3.63) is 66.0 Å². The summed E-state index contributed by atoms with van der Waals surface area (Å²) >= 11 is 0. The van der Waals surface area contributed by atoms with E-state index < -0.39 is 0 Å². The Hall–Kier alpha value is -2.36. The minimum absolute atomic E-state index is 0.290. The fourth-order valence-corrected chi connectivity index (χ4v) is 1.81. The Morgan fingerprint density at radius 3 is 2.40 bits per heavy atom. The van der Waals surface area contributed by atoms with Gasteiger partial charge in [0.2, 0.25) is 0 Å². The Bertz CT molecular complexity index is 552. The Labute approximate surface area is 119 Å². The van der Waals surface area contributed by atoms with Crippen LogP contribution in [0.15, 0.2) is 54.9 Å². The normalized spacial score (nSPS) is 10.1. The Morgan fingerprint density at radius 2 is 1.75 bits per heavy atom. The van der Waals surface area contributed by atoms with Crippen molar-refractivity contribution in [3.63, 3.8) is 0 Å². The number of hydrogen-bond acceptors (Lipinski definition) is 2. The average Bonchev–Trinajstić information content (AvgIpc) is 2.47. The molecule has 1 aromatic heterocycles. The van der Waals surface area contributed by atoms with Crippen LogP contribution in [0.25, 0.3) is 0 Å². The molecular formula is C16H19N2O2+. The monoisotopic (exact) mass is 271 g/mol. The molecule has 104 valence electrons. The second kappa shape index (κ2) is 6.70. The molecule has 0 bridgehead atoms. The minimum atomic E-state index is -0.318. The summed E-state index contributed by atoms with van der Waals surface area (Å²) in [4.78, 5) is 13.5. The lowest BCUT2D eigenvalue weighted by Crippen LogP contribution is -2.28. The molecule has 2 aromatic rings. The summed E-state index contributed by atoms with van der Waals surface area (Å²) in [5.74, 6) is 0. The van der Waals surface area contributed by atoms with Gasteiger partial charge >= 0.3 is 6.09 Å². The molecule has 1 amide bonds. The number of aryl methyl sites for hydroxylation is 1. The molecule has 0 aliphatic rings. The van der Waals surface area contributed by atoms with Gasteiger partial charge in [-0.05, 0) is 5.56 Å². The molecule has 0 aliphatic heterocycles. The van der Waals surface area contributed by atoms with Gasteiger partial charge in [-0.1, -0.05) is 30.3 Å². The molecule has 0 radical (unpaired) electrons. The lowest BCUT2D eigenvalue weighted by molar-refractivity contribution is -0.671. The molecule has 0 aliphatic carbocycles. The van der Waals surface area contributed by atoms with E-state index in [1.165, 1.54) is 0 Å². The molecule has 1 aromatic carbocycles. The van der Waals surface area contributed by atoms with Gasteiger partial charge in [0.15, 0.2) is 12.4 Å². The second-order valence-corrected chi connectivity index (χ2v) is 4.77. The van der Waals surface area contributed by atoms with Crippen molar-refractivity contribution in [3.8, 4) is 0 Å². The predicted octanol–water partition coefficient (Wildman–Crippen LogP) is 2.28. The highest BCUT2D eigenvalue weighted by Gasteiger charge is 2.10. The molecule has 2 rings (SSSR count). The summed E-state index contributed by atoms with van der Waals surface area (Å²) in [5.41, 5.74) is 2.06. The zero-order valence-corrected chi connectivity index (χ0v) is 11.8.